The molecule has 3 aromatic rings. The molecule has 0 radical (unpaired) electrons. The lowest BCUT2D eigenvalue weighted by molar-refractivity contribution is -0.113. The van der Waals surface area contributed by atoms with Crippen LogP contribution in [0.3, 0.4) is 0 Å². The molecular weight excluding hydrogens is 320 g/mol. The molecule has 0 spiro atoms. The first-order valence-corrected chi connectivity index (χ1v) is 8.61. The molecule has 0 saturated carbocycles. The van der Waals surface area contributed by atoms with Gasteiger partial charge >= 0.3 is 0 Å². The van der Waals surface area contributed by atoms with E-state index in [1.54, 1.807) is 6.20 Å². The third-order valence-electron chi connectivity index (χ3n) is 3.53. The Bertz CT molecular complexity index is 844. The van der Waals surface area contributed by atoms with Crippen LogP contribution in [0, 0.1) is 13.8 Å². The summed E-state index contributed by atoms with van der Waals surface area (Å²) in [7, 11) is 0. The normalized spacial score (nSPS) is 10.6. The number of amides is 1. The summed E-state index contributed by atoms with van der Waals surface area (Å²) in [6, 6.07) is 15.7. The van der Waals surface area contributed by atoms with Crippen molar-refractivity contribution in [1.82, 2.24) is 4.98 Å². The van der Waals surface area contributed by atoms with Crippen LogP contribution in [-0.2, 0) is 4.79 Å². The van der Waals surface area contributed by atoms with Crippen molar-refractivity contribution in [2.75, 3.05) is 11.1 Å². The van der Waals surface area contributed by atoms with Crippen molar-refractivity contribution in [3.05, 3.63) is 65.9 Å². The number of hydrogen-bond acceptors (Lipinski definition) is 4. The number of thioether (sulfide) groups is 1. The van der Waals surface area contributed by atoms with Gasteiger partial charge in [-0.05, 0) is 25.5 Å². The summed E-state index contributed by atoms with van der Waals surface area (Å²) in [6.07, 6.45) is 1.68. The van der Waals surface area contributed by atoms with Gasteiger partial charge in [0.2, 0.25) is 5.91 Å². The van der Waals surface area contributed by atoms with Gasteiger partial charge < -0.3 is 9.73 Å². The molecule has 1 N–H and O–H groups in total. The van der Waals surface area contributed by atoms with E-state index in [4.69, 9.17) is 4.42 Å². The number of carbonyl (C=O) groups excluding carboxylic acids is 1. The highest BCUT2D eigenvalue weighted by atomic mass is 32.2. The lowest BCUT2D eigenvalue weighted by atomic mass is 10.1. The molecule has 2 aromatic carbocycles. The number of nitrogens with zero attached hydrogens (tertiary/aromatic N) is 1. The maximum atomic E-state index is 12.1. The molecule has 0 aliphatic carbocycles. The molecule has 0 unspecified atom stereocenters. The number of aryl methyl sites for hydroxylation is 2. The van der Waals surface area contributed by atoms with E-state index in [1.807, 2.05) is 62.4 Å². The Kier molecular flexibility index (Phi) is 5.01. The molecule has 4 nitrogen and oxygen atoms in total. The largest absolute Gasteiger partial charge is 0.431 e. The highest BCUT2D eigenvalue weighted by molar-refractivity contribution is 7.99. The van der Waals surface area contributed by atoms with Crippen LogP contribution in [0.1, 0.15) is 11.1 Å². The highest BCUT2D eigenvalue weighted by Crippen LogP contribution is 2.25. The number of aromatic nitrogens is 1. The van der Waals surface area contributed by atoms with Crippen molar-refractivity contribution in [1.29, 1.82) is 0 Å². The van der Waals surface area contributed by atoms with E-state index >= 15 is 0 Å². The van der Waals surface area contributed by atoms with Gasteiger partial charge in [-0.15, -0.1) is 0 Å². The quantitative estimate of drug-likeness (QED) is 0.686. The number of anilines is 1. The van der Waals surface area contributed by atoms with Crippen LogP contribution < -0.4 is 5.32 Å². The van der Waals surface area contributed by atoms with Crippen molar-refractivity contribution < 1.29 is 9.21 Å². The van der Waals surface area contributed by atoms with Gasteiger partial charge in [0.25, 0.3) is 5.22 Å². The molecule has 0 saturated heterocycles. The van der Waals surface area contributed by atoms with E-state index in [0.29, 0.717) is 11.0 Å². The van der Waals surface area contributed by atoms with Gasteiger partial charge in [-0.1, -0.05) is 59.8 Å². The molecule has 1 heterocycles. The lowest BCUT2D eigenvalue weighted by Crippen LogP contribution is -2.14. The van der Waals surface area contributed by atoms with Crippen LogP contribution in [-0.4, -0.2) is 16.6 Å². The predicted octanol–water partition coefficient (Wildman–Crippen LogP) is 4.69. The molecule has 0 atom stereocenters. The predicted molar refractivity (Wildman–Crippen MR) is 97.2 cm³/mol. The van der Waals surface area contributed by atoms with Crippen LogP contribution >= 0.6 is 11.8 Å². The fourth-order valence-corrected chi connectivity index (χ4v) is 2.93. The standard InChI is InChI=1S/C19H18N2O2S/c1-13-8-9-16(14(2)10-13)21-18(22)12-24-19-20-11-17(23-19)15-6-4-3-5-7-15/h3-11H,12H2,1-2H3,(H,21,22). The van der Waals surface area contributed by atoms with Crippen molar-refractivity contribution in [3.8, 4) is 11.3 Å². The fraction of sp³-hybridized carbons (Fsp3) is 0.158. The van der Waals surface area contributed by atoms with Crippen LogP contribution in [0.25, 0.3) is 11.3 Å². The smallest absolute Gasteiger partial charge is 0.256 e. The topological polar surface area (TPSA) is 55.1 Å². The van der Waals surface area contributed by atoms with Gasteiger partial charge in [-0.25, -0.2) is 4.98 Å². The van der Waals surface area contributed by atoms with E-state index in [0.717, 1.165) is 16.8 Å². The second-order valence-corrected chi connectivity index (χ2v) is 6.44. The molecule has 1 aromatic heterocycles. The van der Waals surface area contributed by atoms with Gasteiger partial charge in [0, 0.05) is 11.3 Å². The first kappa shape index (κ1) is 16.3. The van der Waals surface area contributed by atoms with Crippen molar-refractivity contribution in [2.45, 2.75) is 19.1 Å². The Hall–Kier alpha value is -2.53. The van der Waals surface area contributed by atoms with Gasteiger partial charge in [0.05, 0.1) is 11.9 Å². The number of rotatable bonds is 5. The summed E-state index contributed by atoms with van der Waals surface area (Å²) in [5.41, 5.74) is 4.03. The number of carbonyl (C=O) groups is 1. The Morgan fingerprint density at radius 3 is 2.71 bits per heavy atom. The van der Waals surface area contributed by atoms with Crippen LogP contribution in [0.4, 0.5) is 5.69 Å². The maximum Gasteiger partial charge on any atom is 0.256 e. The Labute approximate surface area is 145 Å². The molecule has 122 valence electrons. The van der Waals surface area contributed by atoms with E-state index in [2.05, 4.69) is 10.3 Å². The third-order valence-corrected chi connectivity index (χ3v) is 4.37. The minimum atomic E-state index is -0.0774. The first-order chi connectivity index (χ1) is 11.6. The van der Waals surface area contributed by atoms with E-state index in [9.17, 15) is 4.79 Å². The average Bonchev–Trinajstić information content (AvgIpc) is 3.05. The van der Waals surface area contributed by atoms with Gasteiger partial charge in [0.1, 0.15) is 0 Å². The summed E-state index contributed by atoms with van der Waals surface area (Å²) in [6.45, 7) is 4.01. The van der Waals surface area contributed by atoms with E-state index in [-0.39, 0.29) is 11.7 Å². The Morgan fingerprint density at radius 2 is 1.96 bits per heavy atom. The van der Waals surface area contributed by atoms with Crippen LogP contribution in [0.15, 0.2) is 64.4 Å². The Morgan fingerprint density at radius 1 is 1.17 bits per heavy atom. The van der Waals surface area contributed by atoms with E-state index < -0.39 is 0 Å². The zero-order valence-electron chi connectivity index (χ0n) is 13.6. The summed E-state index contributed by atoms with van der Waals surface area (Å²) < 4.78 is 5.68. The SMILES string of the molecule is Cc1ccc(NC(=O)CSc2ncc(-c3ccccc3)o2)c(C)c1. The fourth-order valence-electron chi connectivity index (χ4n) is 2.33. The number of hydrogen-bond donors (Lipinski definition) is 1. The van der Waals surface area contributed by atoms with Crippen molar-refractivity contribution in [2.24, 2.45) is 0 Å². The molecule has 0 aliphatic rings. The molecule has 0 fully saturated rings. The second-order valence-electron chi connectivity index (χ2n) is 5.51. The van der Waals surface area contributed by atoms with Gasteiger partial charge in [0.15, 0.2) is 5.76 Å². The molecule has 5 heteroatoms. The zero-order valence-corrected chi connectivity index (χ0v) is 14.4. The summed E-state index contributed by atoms with van der Waals surface area (Å²) in [5, 5.41) is 3.41. The molecule has 3 rings (SSSR count). The van der Waals surface area contributed by atoms with Gasteiger partial charge in [-0.2, -0.15) is 0 Å². The van der Waals surface area contributed by atoms with E-state index in [1.165, 1.54) is 17.3 Å². The third kappa shape index (κ3) is 4.06. The van der Waals surface area contributed by atoms with Crippen molar-refractivity contribution in [3.63, 3.8) is 0 Å². The number of benzene rings is 2. The molecule has 0 bridgehead atoms. The first-order valence-electron chi connectivity index (χ1n) is 7.63. The molecule has 0 aliphatic heterocycles. The average molecular weight is 338 g/mol. The molecular formula is C19H18N2O2S. The Balaban J connectivity index is 1.58. The minimum absolute atomic E-state index is 0.0774. The number of oxazole rings is 1. The van der Waals surface area contributed by atoms with Crippen LogP contribution in [0.2, 0.25) is 0 Å². The monoisotopic (exact) mass is 338 g/mol. The second kappa shape index (κ2) is 7.36. The summed E-state index contributed by atoms with van der Waals surface area (Å²) in [5.74, 6) is 0.876. The maximum absolute atomic E-state index is 12.1. The highest BCUT2D eigenvalue weighted by Gasteiger charge is 2.10. The minimum Gasteiger partial charge on any atom is -0.431 e. The summed E-state index contributed by atoms with van der Waals surface area (Å²) in [4.78, 5) is 16.3. The summed E-state index contributed by atoms with van der Waals surface area (Å²) >= 11 is 1.28. The van der Waals surface area contributed by atoms with Crippen molar-refractivity contribution >= 4 is 23.4 Å². The van der Waals surface area contributed by atoms with Gasteiger partial charge in [-0.3, -0.25) is 4.79 Å². The molecule has 24 heavy (non-hydrogen) atoms. The molecule has 1 amide bonds. The number of nitrogens with one attached hydrogen (secondary N) is 1. The zero-order chi connectivity index (χ0) is 16.9. The lowest BCUT2D eigenvalue weighted by Gasteiger charge is -2.08. The van der Waals surface area contributed by atoms with Crippen LogP contribution in [0.5, 0.6) is 0 Å².